The minimum absolute atomic E-state index is 0.0815. The second-order valence-corrected chi connectivity index (χ2v) is 7.68. The van der Waals surface area contributed by atoms with Crippen molar-refractivity contribution in [2.45, 2.75) is 37.6 Å². The summed E-state index contributed by atoms with van der Waals surface area (Å²) in [7, 11) is 0. The number of rotatable bonds is 7. The molecule has 0 radical (unpaired) electrons. The van der Waals surface area contributed by atoms with Crippen LogP contribution >= 0.6 is 11.6 Å². The molecule has 170 valence electrons. The van der Waals surface area contributed by atoms with Gasteiger partial charge in [-0.2, -0.15) is 0 Å². The lowest BCUT2D eigenvalue weighted by atomic mass is 9.82. The summed E-state index contributed by atoms with van der Waals surface area (Å²) in [6, 6.07) is 1.31. The molecule has 0 spiro atoms. The van der Waals surface area contributed by atoms with Gasteiger partial charge in [0.15, 0.2) is 5.82 Å². The van der Waals surface area contributed by atoms with Crippen LogP contribution in [0.25, 0.3) is 11.2 Å². The molecular formula is C19H16ClF4N5O3. The highest BCUT2D eigenvalue weighted by atomic mass is 35.5. The van der Waals surface area contributed by atoms with Gasteiger partial charge in [0.05, 0.1) is 11.1 Å². The molecule has 1 N–H and O–H groups in total. The quantitative estimate of drug-likeness (QED) is 0.519. The maximum absolute atomic E-state index is 13.5. The summed E-state index contributed by atoms with van der Waals surface area (Å²) >= 11 is 5.71. The maximum Gasteiger partial charge on any atom is 0.522 e. The van der Waals surface area contributed by atoms with Gasteiger partial charge < -0.3 is 14.1 Å². The summed E-state index contributed by atoms with van der Waals surface area (Å²) in [6.45, 7) is 4.02. The van der Waals surface area contributed by atoms with Crippen LogP contribution in [-0.4, -0.2) is 44.5 Å². The minimum Gasteiger partial charge on any atom is -0.421 e. The lowest BCUT2D eigenvalue weighted by molar-refractivity contribution is -0.352. The number of aromatic nitrogens is 4. The zero-order chi connectivity index (χ0) is 23.0. The number of imidazole rings is 1. The van der Waals surface area contributed by atoms with Gasteiger partial charge in [0, 0.05) is 36.5 Å². The highest BCUT2D eigenvalue weighted by Crippen LogP contribution is 2.41. The van der Waals surface area contributed by atoms with Gasteiger partial charge in [0.1, 0.15) is 11.3 Å². The molecule has 0 bridgehead atoms. The third-order valence-corrected chi connectivity index (χ3v) is 5.22. The molecule has 32 heavy (non-hydrogen) atoms. The summed E-state index contributed by atoms with van der Waals surface area (Å²) in [5, 5.41) is 10.3. The fraction of sp³-hybridized carbons (Fsp3) is 0.368. The molecular weight excluding hydrogens is 458 g/mol. The van der Waals surface area contributed by atoms with Crippen molar-refractivity contribution < 1.29 is 31.5 Å². The van der Waals surface area contributed by atoms with Crippen LogP contribution in [0.1, 0.15) is 47.5 Å². The van der Waals surface area contributed by atoms with Crippen molar-refractivity contribution in [2.75, 3.05) is 6.54 Å². The zero-order valence-electron chi connectivity index (χ0n) is 16.3. The van der Waals surface area contributed by atoms with E-state index in [1.807, 2.05) is 0 Å². The van der Waals surface area contributed by atoms with Gasteiger partial charge in [-0.3, -0.25) is 9.53 Å². The largest absolute Gasteiger partial charge is 0.522 e. The van der Waals surface area contributed by atoms with Crippen molar-refractivity contribution in [3.8, 4) is 0 Å². The number of nitrogens with zero attached hydrogens (tertiary/aromatic N) is 4. The molecule has 0 atom stereocenters. The third kappa shape index (κ3) is 4.91. The molecule has 4 rings (SSSR count). The first-order valence-electron chi connectivity index (χ1n) is 9.47. The monoisotopic (exact) mass is 473 g/mol. The number of hydrogen-bond donors (Lipinski definition) is 1. The van der Waals surface area contributed by atoms with E-state index in [2.05, 4.69) is 31.8 Å². The molecule has 3 aromatic rings. The minimum atomic E-state index is -4.67. The molecule has 3 aromatic heterocycles. The number of fused-ring (bicyclic) bond motifs is 1. The smallest absolute Gasteiger partial charge is 0.421 e. The van der Waals surface area contributed by atoms with Crippen molar-refractivity contribution in [1.29, 1.82) is 0 Å². The number of pyridine rings is 1. The van der Waals surface area contributed by atoms with Gasteiger partial charge in [-0.05, 0) is 19.3 Å². The summed E-state index contributed by atoms with van der Waals surface area (Å²) in [4.78, 5) is 16.4. The topological polar surface area (TPSA) is 94.6 Å². The molecule has 13 heteroatoms. The Kier molecular flexibility index (Phi) is 5.91. The van der Waals surface area contributed by atoms with Crippen LogP contribution in [0.2, 0.25) is 5.02 Å². The van der Waals surface area contributed by atoms with Crippen molar-refractivity contribution in [3.63, 3.8) is 0 Å². The average molecular weight is 474 g/mol. The number of alkyl halides is 3. The number of ether oxygens (including phenoxy) is 1. The molecule has 0 aliphatic heterocycles. The van der Waals surface area contributed by atoms with Crippen LogP contribution in [0.4, 0.5) is 17.6 Å². The van der Waals surface area contributed by atoms with Gasteiger partial charge in [-0.25, -0.2) is 9.37 Å². The lowest BCUT2D eigenvalue weighted by Crippen LogP contribution is -2.34. The number of hydrogen-bond acceptors (Lipinski definition) is 6. The third-order valence-electron chi connectivity index (χ3n) is 4.93. The first-order chi connectivity index (χ1) is 15.1. The van der Waals surface area contributed by atoms with E-state index >= 15 is 0 Å². The molecule has 1 fully saturated rings. The predicted molar refractivity (Wildman–Crippen MR) is 103 cm³/mol. The standard InChI is InChI=1S/C19H16ClF4N5O3/c1-9(17-27-28-18(31-17)10-4-11(5-10)32-19(22,23)24)2-3-25-16(30)14-8-29-7-13(21)12(20)6-15(29)26-14/h6-8,10-11H,1-5H2,(H,25,30)/t10-,11+. The average Bonchev–Trinajstić information content (AvgIpc) is 3.31. The van der Waals surface area contributed by atoms with E-state index in [1.54, 1.807) is 0 Å². The van der Waals surface area contributed by atoms with Crippen LogP contribution in [0.15, 0.2) is 29.5 Å². The highest BCUT2D eigenvalue weighted by Gasteiger charge is 2.42. The molecule has 1 amide bonds. The van der Waals surface area contributed by atoms with Crippen LogP contribution < -0.4 is 5.32 Å². The van der Waals surface area contributed by atoms with Gasteiger partial charge >= 0.3 is 6.36 Å². The summed E-state index contributed by atoms with van der Waals surface area (Å²) < 4.78 is 60.9. The van der Waals surface area contributed by atoms with E-state index < -0.39 is 24.2 Å². The van der Waals surface area contributed by atoms with E-state index in [1.165, 1.54) is 16.7 Å². The van der Waals surface area contributed by atoms with Crippen molar-refractivity contribution in [3.05, 3.63) is 53.4 Å². The Morgan fingerprint density at radius 3 is 2.81 bits per heavy atom. The summed E-state index contributed by atoms with van der Waals surface area (Å²) in [5.74, 6) is -1.04. The summed E-state index contributed by atoms with van der Waals surface area (Å²) in [5.41, 5.74) is 0.858. The van der Waals surface area contributed by atoms with Crippen LogP contribution in [0, 0.1) is 5.82 Å². The fourth-order valence-corrected chi connectivity index (χ4v) is 3.36. The molecule has 3 heterocycles. The molecule has 8 nitrogen and oxygen atoms in total. The zero-order valence-corrected chi connectivity index (χ0v) is 17.1. The first kappa shape index (κ1) is 22.2. The van der Waals surface area contributed by atoms with Crippen LogP contribution in [0.3, 0.4) is 0 Å². The van der Waals surface area contributed by atoms with Gasteiger partial charge in [-0.1, -0.05) is 18.2 Å². The number of carbonyl (C=O) groups is 1. The SMILES string of the molecule is C=C(CCNC(=O)c1cn2cc(F)c(Cl)cc2n1)c1nnc([C@H]2C[C@@H](OC(F)(F)F)C2)o1. The van der Waals surface area contributed by atoms with Crippen LogP contribution in [0.5, 0.6) is 0 Å². The Morgan fingerprint density at radius 2 is 2.09 bits per heavy atom. The second kappa shape index (κ2) is 8.51. The molecule has 0 unspecified atom stereocenters. The van der Waals surface area contributed by atoms with E-state index in [0.29, 0.717) is 11.2 Å². The van der Waals surface area contributed by atoms with Crippen molar-refractivity contribution >= 4 is 28.7 Å². The fourth-order valence-electron chi connectivity index (χ4n) is 3.21. The number of amides is 1. The Morgan fingerprint density at radius 1 is 1.34 bits per heavy atom. The number of nitrogens with one attached hydrogen (secondary N) is 1. The Bertz CT molecular complexity index is 1130. The molecule has 0 saturated heterocycles. The molecule has 1 saturated carbocycles. The van der Waals surface area contributed by atoms with Gasteiger partial charge in [0.25, 0.3) is 5.91 Å². The van der Waals surface area contributed by atoms with E-state index in [-0.39, 0.29) is 54.2 Å². The van der Waals surface area contributed by atoms with Gasteiger partial charge in [-0.15, -0.1) is 23.4 Å². The molecule has 1 aliphatic carbocycles. The Balaban J connectivity index is 1.26. The normalized spacial score (nSPS) is 18.5. The predicted octanol–water partition coefficient (Wildman–Crippen LogP) is 4.13. The first-order valence-corrected chi connectivity index (χ1v) is 9.85. The van der Waals surface area contributed by atoms with E-state index in [4.69, 9.17) is 16.0 Å². The van der Waals surface area contributed by atoms with E-state index in [0.717, 1.165) is 6.20 Å². The maximum atomic E-state index is 13.5. The Labute approximate surface area is 183 Å². The summed E-state index contributed by atoms with van der Waals surface area (Å²) in [6.07, 6.45) is -2.53. The van der Waals surface area contributed by atoms with Gasteiger partial charge in [0.2, 0.25) is 11.8 Å². The highest BCUT2D eigenvalue weighted by molar-refractivity contribution is 6.31. The van der Waals surface area contributed by atoms with Crippen LogP contribution in [-0.2, 0) is 4.74 Å². The number of halogens is 5. The second-order valence-electron chi connectivity index (χ2n) is 7.27. The lowest BCUT2D eigenvalue weighted by Gasteiger charge is -2.32. The van der Waals surface area contributed by atoms with Crippen molar-refractivity contribution in [1.82, 2.24) is 24.9 Å². The Hall–Kier alpha value is -2.99. The number of carbonyl (C=O) groups excluding carboxylic acids is 1. The molecule has 0 aromatic carbocycles. The molecule has 1 aliphatic rings. The van der Waals surface area contributed by atoms with E-state index in [9.17, 15) is 22.4 Å². The van der Waals surface area contributed by atoms with Crippen molar-refractivity contribution in [2.24, 2.45) is 0 Å².